The number of rotatable bonds is 8. The van der Waals surface area contributed by atoms with Crippen LogP contribution in [0.1, 0.15) is 42.7 Å². The minimum atomic E-state index is -0.967. The molecule has 4 rings (SSSR count). The van der Waals surface area contributed by atoms with Gasteiger partial charge in [-0.1, -0.05) is 42.5 Å². The zero-order valence-corrected chi connectivity index (χ0v) is 20.7. The minimum Gasteiger partial charge on any atom is -0.506 e. The van der Waals surface area contributed by atoms with Gasteiger partial charge in [0.15, 0.2) is 0 Å². The van der Waals surface area contributed by atoms with Crippen LogP contribution < -0.4 is 9.64 Å². The molecule has 0 spiro atoms. The van der Waals surface area contributed by atoms with Gasteiger partial charge in [-0.25, -0.2) is 0 Å². The maximum absolute atomic E-state index is 10.9. The summed E-state index contributed by atoms with van der Waals surface area (Å²) >= 11 is 0. The van der Waals surface area contributed by atoms with E-state index in [0.29, 0.717) is 43.2 Å². The number of anilines is 1. The van der Waals surface area contributed by atoms with Crippen LogP contribution in [-0.2, 0) is 0 Å². The molecule has 0 saturated carbocycles. The average Bonchev–Trinajstić information content (AvgIpc) is 2.88. The predicted octanol–water partition coefficient (Wildman–Crippen LogP) is 4.01. The highest BCUT2D eigenvalue weighted by molar-refractivity contribution is 5.62. The first-order valence-corrected chi connectivity index (χ1v) is 12.1. The van der Waals surface area contributed by atoms with Crippen molar-refractivity contribution >= 4 is 5.69 Å². The fourth-order valence-corrected chi connectivity index (χ4v) is 4.48. The third-order valence-electron chi connectivity index (χ3n) is 6.35. The van der Waals surface area contributed by atoms with Crippen LogP contribution in [0.15, 0.2) is 72.8 Å². The lowest BCUT2D eigenvalue weighted by Gasteiger charge is -2.43. The van der Waals surface area contributed by atoms with Crippen molar-refractivity contribution in [1.82, 2.24) is 4.90 Å². The Hall–Kier alpha value is -3.57. The summed E-state index contributed by atoms with van der Waals surface area (Å²) in [4.78, 5) is 4.42. The van der Waals surface area contributed by atoms with Gasteiger partial charge in [0.05, 0.1) is 35.1 Å². The smallest absolute Gasteiger partial charge is 0.142 e. The third-order valence-corrected chi connectivity index (χ3v) is 6.35. The van der Waals surface area contributed by atoms with Gasteiger partial charge in [-0.15, -0.1) is 0 Å². The number of ether oxygens (including phenoxy) is 1. The standard InChI is InChI=1S/C29H33N3O4/c1-29(2,35)20-36-24-12-13-25(27(33)16-24)32-15-14-31(18-26(32)22-6-4-3-5-7-22)19-28(34)23-10-8-21(17-30)9-11-23/h3-13,16,26,28,33-35H,14-15,18-20H2,1-2H3/t26-,28?/m0/s1. The second kappa shape index (κ2) is 11.0. The van der Waals surface area contributed by atoms with Crippen LogP contribution in [0.2, 0.25) is 0 Å². The van der Waals surface area contributed by atoms with Crippen LogP contribution in [0, 0.1) is 11.3 Å². The fourth-order valence-electron chi connectivity index (χ4n) is 4.48. The lowest BCUT2D eigenvalue weighted by molar-refractivity contribution is 0.0284. The number of aliphatic hydroxyl groups is 2. The van der Waals surface area contributed by atoms with Crippen molar-refractivity contribution in [2.24, 2.45) is 0 Å². The van der Waals surface area contributed by atoms with Crippen molar-refractivity contribution < 1.29 is 20.1 Å². The molecule has 36 heavy (non-hydrogen) atoms. The molecule has 0 bridgehead atoms. The zero-order valence-electron chi connectivity index (χ0n) is 20.7. The molecule has 1 heterocycles. The molecule has 0 radical (unpaired) electrons. The van der Waals surface area contributed by atoms with E-state index in [1.165, 1.54) is 0 Å². The van der Waals surface area contributed by atoms with Crippen LogP contribution >= 0.6 is 0 Å². The molecule has 188 valence electrons. The number of benzene rings is 3. The van der Waals surface area contributed by atoms with Gasteiger partial charge in [-0.05, 0) is 49.2 Å². The average molecular weight is 488 g/mol. The Morgan fingerprint density at radius 2 is 1.78 bits per heavy atom. The highest BCUT2D eigenvalue weighted by Crippen LogP contribution is 2.38. The number of phenols is 1. The molecule has 0 aliphatic carbocycles. The number of nitriles is 1. The van der Waals surface area contributed by atoms with E-state index >= 15 is 0 Å². The topological polar surface area (TPSA) is 100 Å². The summed E-state index contributed by atoms with van der Waals surface area (Å²) in [5, 5.41) is 40.7. The molecule has 0 aromatic heterocycles. The van der Waals surface area contributed by atoms with Gasteiger partial charge in [-0.2, -0.15) is 5.26 Å². The number of piperazine rings is 1. The maximum Gasteiger partial charge on any atom is 0.142 e. The second-order valence-electron chi connectivity index (χ2n) is 9.88. The van der Waals surface area contributed by atoms with E-state index in [1.54, 1.807) is 44.2 Å². The highest BCUT2D eigenvalue weighted by Gasteiger charge is 2.31. The lowest BCUT2D eigenvalue weighted by Crippen LogP contribution is -2.49. The fraction of sp³-hybridized carbons (Fsp3) is 0.345. The Bertz CT molecular complexity index is 1190. The SMILES string of the molecule is CC(C)(O)COc1ccc(N2CCN(CC(O)c3ccc(C#N)cc3)C[C@H]2c2ccccc2)c(O)c1. The Balaban J connectivity index is 1.52. The van der Waals surface area contributed by atoms with E-state index in [1.807, 2.05) is 30.3 Å². The van der Waals surface area contributed by atoms with Gasteiger partial charge in [0.25, 0.3) is 0 Å². The summed E-state index contributed by atoms with van der Waals surface area (Å²) in [6.45, 7) is 5.99. The van der Waals surface area contributed by atoms with Gasteiger partial charge in [0, 0.05) is 32.2 Å². The molecule has 3 N–H and O–H groups in total. The van der Waals surface area contributed by atoms with E-state index in [0.717, 1.165) is 11.1 Å². The van der Waals surface area contributed by atoms with Crippen molar-refractivity contribution in [1.29, 1.82) is 5.26 Å². The number of hydrogen-bond donors (Lipinski definition) is 3. The van der Waals surface area contributed by atoms with Gasteiger partial charge >= 0.3 is 0 Å². The van der Waals surface area contributed by atoms with E-state index < -0.39 is 11.7 Å². The van der Waals surface area contributed by atoms with Gasteiger partial charge < -0.3 is 25.0 Å². The molecule has 0 amide bonds. The molecule has 1 aliphatic heterocycles. The molecule has 1 fully saturated rings. The van der Waals surface area contributed by atoms with Gasteiger partial charge in [-0.3, -0.25) is 4.90 Å². The summed E-state index contributed by atoms with van der Waals surface area (Å²) in [7, 11) is 0. The lowest BCUT2D eigenvalue weighted by atomic mass is 10.00. The summed E-state index contributed by atoms with van der Waals surface area (Å²) in [6, 6.07) is 24.5. The molecule has 7 nitrogen and oxygen atoms in total. The first-order chi connectivity index (χ1) is 17.2. The third kappa shape index (κ3) is 6.35. The van der Waals surface area contributed by atoms with E-state index in [9.17, 15) is 15.3 Å². The van der Waals surface area contributed by atoms with Gasteiger partial charge in [0.2, 0.25) is 0 Å². The number of β-amino-alcohol motifs (C(OH)–C–C–N with tert-alkyl or cyclic N) is 1. The van der Waals surface area contributed by atoms with Crippen molar-refractivity contribution in [3.63, 3.8) is 0 Å². The number of aliphatic hydroxyl groups excluding tert-OH is 1. The van der Waals surface area contributed by atoms with Crippen molar-refractivity contribution in [2.45, 2.75) is 31.6 Å². The predicted molar refractivity (Wildman–Crippen MR) is 139 cm³/mol. The van der Waals surface area contributed by atoms with Crippen LogP contribution in [0.25, 0.3) is 0 Å². The molecular weight excluding hydrogens is 454 g/mol. The van der Waals surface area contributed by atoms with Gasteiger partial charge in [0.1, 0.15) is 18.1 Å². The van der Waals surface area contributed by atoms with Crippen molar-refractivity contribution in [2.75, 3.05) is 37.7 Å². The molecule has 7 heteroatoms. The Morgan fingerprint density at radius 1 is 1.06 bits per heavy atom. The Labute approximate surface area is 212 Å². The Morgan fingerprint density at radius 3 is 2.42 bits per heavy atom. The highest BCUT2D eigenvalue weighted by atomic mass is 16.5. The Kier molecular flexibility index (Phi) is 7.80. The molecule has 3 aromatic carbocycles. The molecule has 1 unspecified atom stereocenters. The van der Waals surface area contributed by atoms with E-state index in [4.69, 9.17) is 10.00 Å². The van der Waals surface area contributed by atoms with E-state index in [-0.39, 0.29) is 18.4 Å². The molecule has 1 saturated heterocycles. The molecule has 1 aliphatic rings. The maximum atomic E-state index is 10.9. The number of aromatic hydroxyl groups is 1. The largest absolute Gasteiger partial charge is 0.506 e. The summed E-state index contributed by atoms with van der Waals surface area (Å²) in [5.41, 5.74) is 2.22. The van der Waals surface area contributed by atoms with E-state index in [2.05, 4.69) is 28.0 Å². The number of hydrogen-bond acceptors (Lipinski definition) is 7. The van der Waals surface area contributed by atoms with Crippen LogP contribution in [0.5, 0.6) is 11.5 Å². The zero-order chi connectivity index (χ0) is 25.7. The summed E-state index contributed by atoms with van der Waals surface area (Å²) in [5.74, 6) is 0.619. The second-order valence-corrected chi connectivity index (χ2v) is 9.88. The quantitative estimate of drug-likeness (QED) is 0.441. The summed E-state index contributed by atoms with van der Waals surface area (Å²) < 4.78 is 5.64. The minimum absolute atomic E-state index is 0.0258. The van der Waals surface area contributed by atoms with Crippen molar-refractivity contribution in [3.05, 3.63) is 89.5 Å². The monoisotopic (exact) mass is 487 g/mol. The van der Waals surface area contributed by atoms with Crippen LogP contribution in [0.4, 0.5) is 5.69 Å². The van der Waals surface area contributed by atoms with Crippen LogP contribution in [-0.4, -0.2) is 58.6 Å². The molecule has 3 aromatic rings. The first-order valence-electron chi connectivity index (χ1n) is 12.1. The summed E-state index contributed by atoms with van der Waals surface area (Å²) in [6.07, 6.45) is -0.665. The number of nitrogens with zero attached hydrogens (tertiary/aromatic N) is 3. The van der Waals surface area contributed by atoms with Crippen molar-refractivity contribution in [3.8, 4) is 17.6 Å². The molecular formula is C29H33N3O4. The molecule has 2 atom stereocenters. The first kappa shape index (κ1) is 25.5. The number of phenolic OH excluding ortho intramolecular Hbond substituents is 1. The normalized spacial score (nSPS) is 17.4. The van der Waals surface area contributed by atoms with Crippen LogP contribution in [0.3, 0.4) is 0 Å².